The van der Waals surface area contributed by atoms with Gasteiger partial charge in [-0.1, -0.05) is 12.1 Å². The van der Waals surface area contributed by atoms with Gasteiger partial charge in [-0.15, -0.1) is 0 Å². The number of amides is 2. The minimum Gasteiger partial charge on any atom is -0.493 e. The van der Waals surface area contributed by atoms with Crippen LogP contribution in [0.4, 0.5) is 0 Å². The molecule has 1 fully saturated rings. The van der Waals surface area contributed by atoms with Gasteiger partial charge in [0.1, 0.15) is 5.69 Å². The van der Waals surface area contributed by atoms with Crippen molar-refractivity contribution in [1.29, 1.82) is 0 Å². The molecule has 2 aromatic rings. The number of carbonyl (C=O) groups is 2. The van der Waals surface area contributed by atoms with Gasteiger partial charge < -0.3 is 19.7 Å². The Morgan fingerprint density at radius 2 is 1.97 bits per heavy atom. The van der Waals surface area contributed by atoms with Crippen molar-refractivity contribution < 1.29 is 19.1 Å². The second-order valence-electron chi connectivity index (χ2n) is 7.27. The van der Waals surface area contributed by atoms with E-state index in [0.717, 1.165) is 18.4 Å². The van der Waals surface area contributed by atoms with Crippen LogP contribution in [-0.4, -0.2) is 54.5 Å². The summed E-state index contributed by atoms with van der Waals surface area (Å²) in [5.74, 6) is 1.36. The third-order valence-corrected chi connectivity index (χ3v) is 5.20. The zero-order valence-electron chi connectivity index (χ0n) is 17.6. The molecule has 7 heteroatoms. The van der Waals surface area contributed by atoms with Gasteiger partial charge in [-0.05, 0) is 56.0 Å². The van der Waals surface area contributed by atoms with Gasteiger partial charge in [0.25, 0.3) is 5.91 Å². The Morgan fingerprint density at radius 3 is 2.63 bits per heavy atom. The van der Waals surface area contributed by atoms with Gasteiger partial charge in [-0.25, -0.2) is 0 Å². The number of ether oxygens (including phenoxy) is 2. The van der Waals surface area contributed by atoms with E-state index in [0.29, 0.717) is 49.7 Å². The Kier molecular flexibility index (Phi) is 7.65. The summed E-state index contributed by atoms with van der Waals surface area (Å²) >= 11 is 0. The van der Waals surface area contributed by atoms with Crippen molar-refractivity contribution in [3.8, 4) is 11.5 Å². The fraction of sp³-hybridized carbons (Fsp3) is 0.435. The summed E-state index contributed by atoms with van der Waals surface area (Å²) < 4.78 is 10.9. The van der Waals surface area contributed by atoms with Crippen LogP contribution in [0.25, 0.3) is 0 Å². The zero-order valence-corrected chi connectivity index (χ0v) is 17.6. The van der Waals surface area contributed by atoms with E-state index in [9.17, 15) is 9.59 Å². The number of nitrogens with one attached hydrogen (secondary N) is 1. The molecule has 1 aromatic heterocycles. The number of methoxy groups -OCH3 is 1. The zero-order chi connectivity index (χ0) is 21.3. The number of pyridine rings is 1. The van der Waals surface area contributed by atoms with Crippen LogP contribution in [0, 0.1) is 0 Å². The number of rotatable bonds is 8. The first-order valence-corrected chi connectivity index (χ1v) is 10.4. The van der Waals surface area contributed by atoms with Gasteiger partial charge in [-0.3, -0.25) is 14.6 Å². The molecule has 1 aromatic carbocycles. The quantitative estimate of drug-likeness (QED) is 0.722. The third-order valence-electron chi connectivity index (χ3n) is 5.20. The molecule has 1 aliphatic rings. The standard InChI is InChI=1S/C23H29N3O4/c1-3-30-20-9-7-17(16-21(20)29-2)8-10-22(27)25-18-11-14-26(15-12-18)23(28)19-6-4-5-13-24-19/h4-7,9,13,16,18H,3,8,10-12,14-15H2,1-2H3,(H,25,27). The van der Waals surface area contributed by atoms with E-state index in [4.69, 9.17) is 9.47 Å². The minimum atomic E-state index is -0.0511. The van der Waals surface area contributed by atoms with Crippen LogP contribution in [0.3, 0.4) is 0 Å². The molecular weight excluding hydrogens is 382 g/mol. The summed E-state index contributed by atoms with van der Waals surface area (Å²) in [6.07, 6.45) is 4.17. The van der Waals surface area contributed by atoms with Crippen LogP contribution < -0.4 is 14.8 Å². The molecule has 1 saturated heterocycles. The van der Waals surface area contributed by atoms with Crippen LogP contribution in [0.15, 0.2) is 42.6 Å². The predicted octanol–water partition coefficient (Wildman–Crippen LogP) is 2.84. The number of hydrogen-bond donors (Lipinski definition) is 1. The summed E-state index contributed by atoms with van der Waals surface area (Å²) in [5.41, 5.74) is 1.49. The molecule has 3 rings (SSSR count). The Balaban J connectivity index is 1.43. The maximum atomic E-state index is 12.5. The molecule has 0 saturated carbocycles. The van der Waals surface area contributed by atoms with Crippen LogP contribution in [0.5, 0.6) is 11.5 Å². The highest BCUT2D eigenvalue weighted by molar-refractivity contribution is 5.92. The monoisotopic (exact) mass is 411 g/mol. The lowest BCUT2D eigenvalue weighted by molar-refractivity contribution is -0.122. The number of carbonyl (C=O) groups excluding carboxylic acids is 2. The number of aromatic nitrogens is 1. The highest BCUT2D eigenvalue weighted by Crippen LogP contribution is 2.28. The lowest BCUT2D eigenvalue weighted by atomic mass is 10.0. The van der Waals surface area contributed by atoms with Crippen LogP contribution >= 0.6 is 0 Å². The molecule has 0 unspecified atom stereocenters. The number of aryl methyl sites for hydroxylation is 1. The van der Waals surface area contributed by atoms with Crippen molar-refractivity contribution in [3.05, 3.63) is 53.9 Å². The van der Waals surface area contributed by atoms with Crippen molar-refractivity contribution in [2.24, 2.45) is 0 Å². The Bertz CT molecular complexity index is 849. The normalized spacial score (nSPS) is 14.3. The topological polar surface area (TPSA) is 80.8 Å². The first kappa shape index (κ1) is 21.6. The predicted molar refractivity (Wildman–Crippen MR) is 114 cm³/mol. The summed E-state index contributed by atoms with van der Waals surface area (Å²) in [4.78, 5) is 30.8. The van der Waals surface area contributed by atoms with Crippen LogP contribution in [0.1, 0.15) is 42.2 Å². The number of nitrogens with zero attached hydrogens (tertiary/aromatic N) is 2. The van der Waals surface area contributed by atoms with Gasteiger partial charge in [-0.2, -0.15) is 0 Å². The molecule has 1 aliphatic heterocycles. The maximum absolute atomic E-state index is 12.5. The molecular formula is C23H29N3O4. The molecule has 1 N–H and O–H groups in total. The molecule has 0 atom stereocenters. The molecule has 0 spiro atoms. The van der Waals surface area contributed by atoms with E-state index < -0.39 is 0 Å². The number of likely N-dealkylation sites (tertiary alicyclic amines) is 1. The SMILES string of the molecule is CCOc1ccc(CCC(=O)NC2CCN(C(=O)c3ccccn3)CC2)cc1OC. The van der Waals surface area contributed by atoms with Crippen molar-refractivity contribution in [1.82, 2.24) is 15.2 Å². The van der Waals surface area contributed by atoms with Crippen molar-refractivity contribution in [2.45, 2.75) is 38.6 Å². The maximum Gasteiger partial charge on any atom is 0.272 e. The molecule has 2 heterocycles. The Labute approximate surface area is 177 Å². The fourth-order valence-corrected chi connectivity index (χ4v) is 3.58. The number of hydrogen-bond acceptors (Lipinski definition) is 5. The molecule has 160 valence electrons. The van der Waals surface area contributed by atoms with Gasteiger partial charge >= 0.3 is 0 Å². The van der Waals surface area contributed by atoms with Crippen molar-refractivity contribution in [2.75, 3.05) is 26.8 Å². The Morgan fingerprint density at radius 1 is 1.17 bits per heavy atom. The van der Waals surface area contributed by atoms with Gasteiger partial charge in [0.05, 0.1) is 13.7 Å². The first-order valence-electron chi connectivity index (χ1n) is 10.4. The van der Waals surface area contributed by atoms with E-state index in [1.54, 1.807) is 30.3 Å². The minimum absolute atomic E-state index is 0.0253. The first-order chi connectivity index (χ1) is 14.6. The van der Waals surface area contributed by atoms with E-state index >= 15 is 0 Å². The van der Waals surface area contributed by atoms with E-state index in [1.807, 2.05) is 31.2 Å². The smallest absolute Gasteiger partial charge is 0.272 e. The van der Waals surface area contributed by atoms with E-state index in [1.165, 1.54) is 0 Å². The lowest BCUT2D eigenvalue weighted by Gasteiger charge is -2.32. The molecule has 0 radical (unpaired) electrons. The second-order valence-corrected chi connectivity index (χ2v) is 7.27. The molecule has 7 nitrogen and oxygen atoms in total. The summed E-state index contributed by atoms with van der Waals surface area (Å²) in [5, 5.41) is 3.10. The molecule has 0 bridgehead atoms. The summed E-state index contributed by atoms with van der Waals surface area (Å²) in [6.45, 7) is 3.74. The van der Waals surface area contributed by atoms with Crippen LogP contribution in [-0.2, 0) is 11.2 Å². The number of benzene rings is 1. The Hall–Kier alpha value is -3.09. The van der Waals surface area contributed by atoms with E-state index in [-0.39, 0.29) is 17.9 Å². The average molecular weight is 412 g/mol. The average Bonchev–Trinajstić information content (AvgIpc) is 2.79. The van der Waals surface area contributed by atoms with E-state index in [2.05, 4.69) is 10.3 Å². The summed E-state index contributed by atoms with van der Waals surface area (Å²) in [7, 11) is 1.61. The molecule has 30 heavy (non-hydrogen) atoms. The van der Waals surface area contributed by atoms with Gasteiger partial charge in [0.15, 0.2) is 11.5 Å². The van der Waals surface area contributed by atoms with Crippen LogP contribution in [0.2, 0.25) is 0 Å². The molecule has 2 amide bonds. The fourth-order valence-electron chi connectivity index (χ4n) is 3.58. The van der Waals surface area contributed by atoms with Crippen molar-refractivity contribution >= 4 is 11.8 Å². The van der Waals surface area contributed by atoms with Crippen molar-refractivity contribution in [3.63, 3.8) is 0 Å². The number of piperidine rings is 1. The third kappa shape index (κ3) is 5.72. The van der Waals surface area contributed by atoms with Gasteiger partial charge in [0.2, 0.25) is 5.91 Å². The largest absolute Gasteiger partial charge is 0.493 e. The highest BCUT2D eigenvalue weighted by atomic mass is 16.5. The molecule has 0 aliphatic carbocycles. The second kappa shape index (κ2) is 10.6. The lowest BCUT2D eigenvalue weighted by Crippen LogP contribution is -2.46. The van der Waals surface area contributed by atoms with Gasteiger partial charge in [0, 0.05) is 31.7 Å². The summed E-state index contributed by atoms with van der Waals surface area (Å²) in [6, 6.07) is 11.2. The highest BCUT2D eigenvalue weighted by Gasteiger charge is 2.25.